The topological polar surface area (TPSA) is 105 Å². The number of aliphatic hydroxyl groups excluding tert-OH is 1. The fourth-order valence-corrected chi connectivity index (χ4v) is 1.87. The maximum atomic E-state index is 9.19. The zero-order chi connectivity index (χ0) is 15.2. The number of hydrogen-bond acceptors (Lipinski definition) is 7. The van der Waals surface area contributed by atoms with Gasteiger partial charge in [-0.3, -0.25) is 0 Å². The summed E-state index contributed by atoms with van der Waals surface area (Å²) in [5, 5.41) is 12.5. The first-order valence-corrected chi connectivity index (χ1v) is 6.61. The standard InChI is InChI=1S/C13H25N5O2/c1-13(2,3)9(5-6-19)15-10-7-11(18-14)17-12(16-10)8-20-4/h7,9,19H,5-6,8,14H2,1-4H3,(H2,15,16,17,18). The van der Waals surface area contributed by atoms with Crippen molar-refractivity contribution >= 4 is 11.6 Å². The van der Waals surface area contributed by atoms with E-state index in [2.05, 4.69) is 41.5 Å². The second-order valence-electron chi connectivity index (χ2n) is 5.71. The Bertz CT molecular complexity index is 420. The van der Waals surface area contributed by atoms with Gasteiger partial charge in [-0.1, -0.05) is 20.8 Å². The number of nitrogen functional groups attached to an aromatic ring is 1. The van der Waals surface area contributed by atoms with Crippen LogP contribution >= 0.6 is 0 Å². The van der Waals surface area contributed by atoms with Gasteiger partial charge in [0.2, 0.25) is 0 Å². The Morgan fingerprint density at radius 1 is 1.35 bits per heavy atom. The Balaban J connectivity index is 2.96. The third-order valence-corrected chi connectivity index (χ3v) is 2.98. The van der Waals surface area contributed by atoms with Gasteiger partial charge in [-0.15, -0.1) is 0 Å². The summed E-state index contributed by atoms with van der Waals surface area (Å²) in [6.45, 7) is 6.76. The van der Waals surface area contributed by atoms with Crippen molar-refractivity contribution in [2.24, 2.45) is 11.3 Å². The van der Waals surface area contributed by atoms with Crippen LogP contribution in [0.2, 0.25) is 0 Å². The Morgan fingerprint density at radius 3 is 2.50 bits per heavy atom. The van der Waals surface area contributed by atoms with Gasteiger partial charge in [0.1, 0.15) is 18.2 Å². The van der Waals surface area contributed by atoms with Gasteiger partial charge in [0, 0.05) is 25.8 Å². The average molecular weight is 283 g/mol. The maximum absolute atomic E-state index is 9.19. The van der Waals surface area contributed by atoms with E-state index in [9.17, 15) is 5.11 Å². The quantitative estimate of drug-likeness (QED) is 0.439. The van der Waals surface area contributed by atoms with E-state index in [1.165, 1.54) is 0 Å². The van der Waals surface area contributed by atoms with Crippen LogP contribution in [0.4, 0.5) is 11.6 Å². The summed E-state index contributed by atoms with van der Waals surface area (Å²) < 4.78 is 5.04. The Labute approximate surface area is 119 Å². The molecule has 114 valence electrons. The number of aliphatic hydroxyl groups is 1. The number of aromatic nitrogens is 2. The highest BCUT2D eigenvalue weighted by atomic mass is 16.5. The predicted octanol–water partition coefficient (Wildman–Crippen LogP) is 1.12. The molecule has 1 unspecified atom stereocenters. The molecule has 1 atom stereocenters. The van der Waals surface area contributed by atoms with Crippen LogP contribution in [0.3, 0.4) is 0 Å². The van der Waals surface area contributed by atoms with Crippen LogP contribution in [-0.4, -0.2) is 34.8 Å². The molecule has 0 radical (unpaired) electrons. The summed E-state index contributed by atoms with van der Waals surface area (Å²) in [6, 6.07) is 1.82. The van der Waals surface area contributed by atoms with E-state index in [-0.39, 0.29) is 18.1 Å². The van der Waals surface area contributed by atoms with Gasteiger partial charge < -0.3 is 20.6 Å². The van der Waals surface area contributed by atoms with Crippen LogP contribution in [0.15, 0.2) is 6.07 Å². The summed E-state index contributed by atoms with van der Waals surface area (Å²) in [7, 11) is 1.59. The third kappa shape index (κ3) is 4.92. The molecule has 0 saturated heterocycles. The third-order valence-electron chi connectivity index (χ3n) is 2.98. The van der Waals surface area contributed by atoms with Crippen LogP contribution in [0.25, 0.3) is 0 Å². The van der Waals surface area contributed by atoms with Crippen molar-refractivity contribution in [3.63, 3.8) is 0 Å². The molecule has 7 nitrogen and oxygen atoms in total. The van der Waals surface area contributed by atoms with Crippen molar-refractivity contribution < 1.29 is 9.84 Å². The van der Waals surface area contributed by atoms with Crippen molar-refractivity contribution in [1.29, 1.82) is 0 Å². The van der Waals surface area contributed by atoms with E-state index < -0.39 is 0 Å². The molecule has 1 rings (SSSR count). The summed E-state index contributed by atoms with van der Waals surface area (Å²) in [5.41, 5.74) is 2.51. The highest BCUT2D eigenvalue weighted by Crippen LogP contribution is 2.25. The average Bonchev–Trinajstić information content (AvgIpc) is 2.37. The summed E-state index contributed by atoms with van der Waals surface area (Å²) in [4.78, 5) is 8.58. The van der Waals surface area contributed by atoms with Crippen molar-refractivity contribution in [1.82, 2.24) is 9.97 Å². The first-order chi connectivity index (χ1) is 9.40. The monoisotopic (exact) mass is 283 g/mol. The number of ether oxygens (including phenoxy) is 1. The van der Waals surface area contributed by atoms with Gasteiger partial charge in [0.05, 0.1) is 0 Å². The Morgan fingerprint density at radius 2 is 2.00 bits per heavy atom. The summed E-state index contributed by atoms with van der Waals surface area (Å²) in [5.74, 6) is 7.13. The summed E-state index contributed by atoms with van der Waals surface area (Å²) in [6.07, 6.45) is 0.637. The van der Waals surface area contributed by atoms with Crippen LogP contribution in [0.5, 0.6) is 0 Å². The number of anilines is 2. The van der Waals surface area contributed by atoms with Gasteiger partial charge in [-0.05, 0) is 11.8 Å². The van der Waals surface area contributed by atoms with Crippen LogP contribution in [0, 0.1) is 5.41 Å². The van der Waals surface area contributed by atoms with E-state index >= 15 is 0 Å². The number of nitrogens with zero attached hydrogens (tertiary/aromatic N) is 2. The minimum Gasteiger partial charge on any atom is -0.396 e. The van der Waals surface area contributed by atoms with Crippen LogP contribution < -0.4 is 16.6 Å². The molecule has 20 heavy (non-hydrogen) atoms. The first-order valence-electron chi connectivity index (χ1n) is 6.61. The lowest BCUT2D eigenvalue weighted by molar-refractivity contribution is 0.178. The Hall–Kier alpha value is -1.44. The molecule has 7 heteroatoms. The number of rotatable bonds is 7. The van der Waals surface area contributed by atoms with E-state index in [4.69, 9.17) is 10.6 Å². The number of methoxy groups -OCH3 is 1. The first kappa shape index (κ1) is 16.6. The second-order valence-corrected chi connectivity index (χ2v) is 5.71. The fraction of sp³-hybridized carbons (Fsp3) is 0.692. The summed E-state index contributed by atoms with van der Waals surface area (Å²) >= 11 is 0. The maximum Gasteiger partial charge on any atom is 0.158 e. The molecule has 0 aliphatic heterocycles. The van der Waals surface area contributed by atoms with E-state index in [0.29, 0.717) is 30.5 Å². The molecule has 0 bridgehead atoms. The molecule has 1 heterocycles. The van der Waals surface area contributed by atoms with E-state index in [1.54, 1.807) is 13.2 Å². The van der Waals surface area contributed by atoms with Gasteiger partial charge in [-0.25, -0.2) is 15.8 Å². The lowest BCUT2D eigenvalue weighted by Gasteiger charge is -2.31. The second kappa shape index (κ2) is 7.37. The minimum atomic E-state index is -0.00853. The SMILES string of the molecule is COCc1nc(NN)cc(NC(CCO)C(C)(C)C)n1. The highest BCUT2D eigenvalue weighted by molar-refractivity contribution is 5.47. The molecule has 0 fully saturated rings. The minimum absolute atomic E-state index is 0.00853. The normalized spacial score (nSPS) is 13.1. The molecule has 0 amide bonds. The zero-order valence-corrected chi connectivity index (χ0v) is 12.6. The van der Waals surface area contributed by atoms with E-state index in [0.717, 1.165) is 0 Å². The number of hydrogen-bond donors (Lipinski definition) is 4. The zero-order valence-electron chi connectivity index (χ0n) is 12.6. The largest absolute Gasteiger partial charge is 0.396 e. The van der Waals surface area contributed by atoms with Gasteiger partial charge in [0.15, 0.2) is 5.82 Å². The lowest BCUT2D eigenvalue weighted by atomic mass is 9.85. The number of nitrogens with two attached hydrogens (primary N) is 1. The van der Waals surface area contributed by atoms with Gasteiger partial charge in [0.25, 0.3) is 0 Å². The van der Waals surface area contributed by atoms with Crippen molar-refractivity contribution in [2.75, 3.05) is 24.5 Å². The molecule has 0 aliphatic rings. The fourth-order valence-electron chi connectivity index (χ4n) is 1.87. The smallest absolute Gasteiger partial charge is 0.158 e. The molecule has 0 aromatic carbocycles. The van der Waals surface area contributed by atoms with Crippen LogP contribution in [0.1, 0.15) is 33.0 Å². The highest BCUT2D eigenvalue weighted by Gasteiger charge is 2.24. The van der Waals surface area contributed by atoms with Gasteiger partial charge in [-0.2, -0.15) is 0 Å². The molecule has 5 N–H and O–H groups in total. The van der Waals surface area contributed by atoms with Crippen molar-refractivity contribution in [3.05, 3.63) is 11.9 Å². The van der Waals surface area contributed by atoms with Gasteiger partial charge >= 0.3 is 0 Å². The van der Waals surface area contributed by atoms with Crippen molar-refractivity contribution in [2.45, 2.75) is 39.8 Å². The predicted molar refractivity (Wildman–Crippen MR) is 79.1 cm³/mol. The lowest BCUT2D eigenvalue weighted by Crippen LogP contribution is -2.35. The molecule has 0 aliphatic carbocycles. The molecule has 1 aromatic rings. The Kier molecular flexibility index (Phi) is 6.12. The molecular formula is C13H25N5O2. The number of nitrogens with one attached hydrogen (secondary N) is 2. The molecule has 0 spiro atoms. The molecular weight excluding hydrogens is 258 g/mol. The molecule has 0 saturated carbocycles. The molecule has 1 aromatic heterocycles. The van der Waals surface area contributed by atoms with Crippen molar-refractivity contribution in [3.8, 4) is 0 Å². The van der Waals surface area contributed by atoms with E-state index in [1.807, 2.05) is 0 Å². The van der Waals surface area contributed by atoms with Crippen LogP contribution in [-0.2, 0) is 11.3 Å². The number of hydrazine groups is 1.